The molecule has 322 valence electrons. The molecule has 0 aliphatic heterocycles. The van der Waals surface area contributed by atoms with Crippen molar-refractivity contribution in [2.75, 3.05) is 0 Å². The number of aryl methyl sites for hydroxylation is 5. The fourth-order valence-electron chi connectivity index (χ4n) is 7.67. The van der Waals surface area contributed by atoms with E-state index in [9.17, 15) is 0 Å². The van der Waals surface area contributed by atoms with Crippen LogP contribution in [-0.2, 0) is 20.1 Å². The summed E-state index contributed by atoms with van der Waals surface area (Å²) in [5.41, 5.74) is 21.9. The Kier molecular flexibility index (Phi) is 15.9. The molecule has 10 rings (SSSR count). The molecule has 3 aromatic heterocycles. The summed E-state index contributed by atoms with van der Waals surface area (Å²) >= 11 is 0. The van der Waals surface area contributed by atoms with E-state index in [-0.39, 0.29) is 20.1 Å². The van der Waals surface area contributed by atoms with Crippen molar-refractivity contribution in [2.45, 2.75) is 34.6 Å². The number of aromatic nitrogens is 3. The summed E-state index contributed by atoms with van der Waals surface area (Å²) in [5.74, 6) is 0. The van der Waals surface area contributed by atoms with Gasteiger partial charge in [-0.15, -0.1) is 95.1 Å². The van der Waals surface area contributed by atoms with E-state index in [0.717, 1.165) is 39.3 Å². The summed E-state index contributed by atoms with van der Waals surface area (Å²) in [6.07, 6.45) is 5.65. The van der Waals surface area contributed by atoms with Crippen molar-refractivity contribution in [3.63, 3.8) is 0 Å². The molecule has 4 heteroatoms. The average Bonchev–Trinajstić information content (AvgIpc) is 3.36. The fraction of sp³-hybridized carbons (Fsp3) is 0.0806. The third-order valence-corrected chi connectivity index (χ3v) is 11.3. The third-order valence-electron chi connectivity index (χ3n) is 11.3. The molecule has 0 spiro atoms. The first-order chi connectivity index (χ1) is 31.8. The normalized spacial score (nSPS) is 10.4. The van der Waals surface area contributed by atoms with E-state index in [1.54, 1.807) is 6.20 Å². The van der Waals surface area contributed by atoms with Crippen LogP contribution >= 0.6 is 0 Å². The molecule has 0 radical (unpaired) electrons. The van der Waals surface area contributed by atoms with Crippen LogP contribution in [0.1, 0.15) is 27.8 Å². The Morgan fingerprint density at radius 2 is 0.939 bits per heavy atom. The second-order valence-corrected chi connectivity index (χ2v) is 16.2. The van der Waals surface area contributed by atoms with Crippen LogP contribution in [0.15, 0.2) is 213 Å². The van der Waals surface area contributed by atoms with Gasteiger partial charge in [-0.05, 0) is 95.4 Å². The Hall–Kier alpha value is -7.36. The largest absolute Gasteiger partial charge is 3.00 e. The summed E-state index contributed by atoms with van der Waals surface area (Å²) in [4.78, 5) is 13.4. The monoisotopic (exact) mass is 1030 g/mol. The van der Waals surface area contributed by atoms with Crippen molar-refractivity contribution in [1.82, 2.24) is 15.0 Å². The van der Waals surface area contributed by atoms with E-state index in [1.807, 2.05) is 85.2 Å². The van der Waals surface area contributed by atoms with Gasteiger partial charge in [0.15, 0.2) is 0 Å². The Balaban J connectivity index is 0.000000149. The summed E-state index contributed by atoms with van der Waals surface area (Å²) in [6.45, 7) is 10.6. The van der Waals surface area contributed by atoms with E-state index in [0.29, 0.717) is 0 Å². The standard InChI is InChI=1S/C25H20N.C20H18N.C17H12N.Ir/c1-18-8-15-25(26-17-18)23-10-9-19(2)24(16-23)22-13-11-21(12-14-22)20-6-4-3-5-7-20;1-14-9-10-18(15(2)11-14)19-12-20(21-13-16(19)3)17-7-5-4-6-8-17;1-2-6-14(7-3-1)15-9-11-16(12-10-15)17-8-4-5-13-18-17;/h3-9,11-17H,1-2H3;4-7,9-13H,1-3H3;1-11,13H;/q3*-1;+3. The van der Waals surface area contributed by atoms with Crippen LogP contribution in [0.3, 0.4) is 0 Å². The molecule has 0 bridgehead atoms. The van der Waals surface area contributed by atoms with Gasteiger partial charge in [-0.2, -0.15) is 0 Å². The number of rotatable bonds is 7. The molecule has 0 N–H and O–H groups in total. The molecule has 10 aromatic rings. The molecule has 0 amide bonds. The van der Waals surface area contributed by atoms with Crippen molar-refractivity contribution < 1.29 is 20.1 Å². The van der Waals surface area contributed by atoms with Crippen LogP contribution < -0.4 is 0 Å². The smallest absolute Gasteiger partial charge is 0.305 e. The zero-order valence-corrected chi connectivity index (χ0v) is 40.3. The minimum absolute atomic E-state index is 0. The first kappa shape index (κ1) is 46.6. The molecule has 0 fully saturated rings. The molecule has 3 nitrogen and oxygen atoms in total. The van der Waals surface area contributed by atoms with Crippen molar-refractivity contribution in [3.05, 3.63) is 259 Å². The van der Waals surface area contributed by atoms with Crippen LogP contribution in [0.4, 0.5) is 0 Å². The molecule has 0 unspecified atom stereocenters. The Morgan fingerprint density at radius 1 is 0.333 bits per heavy atom. The number of benzene rings is 7. The number of nitrogens with zero attached hydrogens (tertiary/aromatic N) is 3. The molecule has 7 aromatic carbocycles. The van der Waals surface area contributed by atoms with Crippen molar-refractivity contribution in [2.24, 2.45) is 0 Å². The molecule has 0 atom stereocenters. The topological polar surface area (TPSA) is 38.7 Å². The summed E-state index contributed by atoms with van der Waals surface area (Å²) in [6, 6.07) is 76.6. The molecule has 0 aliphatic rings. The minimum atomic E-state index is 0. The van der Waals surface area contributed by atoms with Crippen molar-refractivity contribution in [1.29, 1.82) is 0 Å². The number of hydrogen-bond donors (Lipinski definition) is 0. The van der Waals surface area contributed by atoms with Gasteiger partial charge in [0.05, 0.1) is 0 Å². The summed E-state index contributed by atoms with van der Waals surface area (Å²) < 4.78 is 0. The van der Waals surface area contributed by atoms with E-state index in [1.165, 1.54) is 66.8 Å². The first-order valence-corrected chi connectivity index (χ1v) is 21.9. The van der Waals surface area contributed by atoms with E-state index in [2.05, 4.69) is 189 Å². The quantitative estimate of drug-likeness (QED) is 0.149. The van der Waals surface area contributed by atoms with Crippen LogP contribution in [0.5, 0.6) is 0 Å². The molecule has 3 heterocycles. The molecule has 66 heavy (non-hydrogen) atoms. The Morgan fingerprint density at radius 3 is 1.58 bits per heavy atom. The maximum absolute atomic E-state index is 4.55. The molecule has 0 saturated heterocycles. The van der Waals surface area contributed by atoms with E-state index < -0.39 is 0 Å². The van der Waals surface area contributed by atoms with Gasteiger partial charge in [0.25, 0.3) is 0 Å². The predicted octanol–water partition coefficient (Wildman–Crippen LogP) is 15.9. The van der Waals surface area contributed by atoms with Gasteiger partial charge < -0.3 is 15.0 Å². The Labute approximate surface area is 404 Å². The fourth-order valence-corrected chi connectivity index (χ4v) is 7.67. The molecular formula is C62H50IrN3. The van der Waals surface area contributed by atoms with Gasteiger partial charge in [-0.1, -0.05) is 163 Å². The van der Waals surface area contributed by atoms with Gasteiger partial charge in [0, 0.05) is 18.6 Å². The molecular weight excluding hydrogens is 979 g/mol. The zero-order valence-electron chi connectivity index (χ0n) is 37.9. The van der Waals surface area contributed by atoms with Gasteiger partial charge in [-0.25, -0.2) is 0 Å². The second-order valence-electron chi connectivity index (χ2n) is 16.2. The number of hydrogen-bond acceptors (Lipinski definition) is 3. The van der Waals surface area contributed by atoms with Gasteiger partial charge in [0.2, 0.25) is 0 Å². The number of pyridine rings is 3. The van der Waals surface area contributed by atoms with Crippen molar-refractivity contribution >= 4 is 0 Å². The average molecular weight is 1030 g/mol. The minimum Gasteiger partial charge on any atom is -0.305 e. The first-order valence-electron chi connectivity index (χ1n) is 21.9. The molecule has 0 aliphatic carbocycles. The zero-order chi connectivity index (χ0) is 45.0. The maximum Gasteiger partial charge on any atom is 3.00 e. The summed E-state index contributed by atoms with van der Waals surface area (Å²) in [5, 5.41) is 0. The van der Waals surface area contributed by atoms with Crippen LogP contribution in [-0.4, -0.2) is 15.0 Å². The third kappa shape index (κ3) is 11.9. The maximum atomic E-state index is 4.55. The van der Waals surface area contributed by atoms with E-state index in [4.69, 9.17) is 0 Å². The Bertz CT molecular complexity index is 3020. The summed E-state index contributed by atoms with van der Waals surface area (Å²) in [7, 11) is 0. The van der Waals surface area contributed by atoms with Gasteiger partial charge >= 0.3 is 20.1 Å². The SMILES string of the molecule is Cc1ccc(-c2[c-]cc(C)c(-c3ccc(-c4ccccc4)cc3)c2)nc1.Cc1ccc(-c2cc(-c3[c-]cccc3)ncc2C)c(C)c1.[Ir+3].[c-]1cc(-c2ccccc2)ccc1-c1ccccn1. The van der Waals surface area contributed by atoms with Crippen molar-refractivity contribution in [3.8, 4) is 78.3 Å². The predicted molar refractivity (Wildman–Crippen MR) is 271 cm³/mol. The van der Waals surface area contributed by atoms with Crippen LogP contribution in [0.25, 0.3) is 78.3 Å². The van der Waals surface area contributed by atoms with Crippen LogP contribution in [0.2, 0.25) is 0 Å². The van der Waals surface area contributed by atoms with Gasteiger partial charge in [-0.3, -0.25) is 0 Å². The van der Waals surface area contributed by atoms with E-state index >= 15 is 0 Å². The molecule has 0 saturated carbocycles. The second kappa shape index (κ2) is 22.5. The van der Waals surface area contributed by atoms with Crippen LogP contribution in [0, 0.1) is 52.8 Å². The van der Waals surface area contributed by atoms with Gasteiger partial charge in [0.1, 0.15) is 0 Å².